The molecule has 1 fully saturated rings. The summed E-state index contributed by atoms with van der Waals surface area (Å²) in [5.74, 6) is 0.786. The van der Waals surface area contributed by atoms with E-state index in [1.165, 1.54) is 6.07 Å². The Hall–Kier alpha value is -2.88. The second-order valence-electron chi connectivity index (χ2n) is 7.56. The van der Waals surface area contributed by atoms with Crippen molar-refractivity contribution in [1.29, 1.82) is 0 Å². The lowest BCUT2D eigenvalue weighted by Gasteiger charge is -2.26. The van der Waals surface area contributed by atoms with E-state index in [4.69, 9.17) is 5.73 Å². The van der Waals surface area contributed by atoms with Gasteiger partial charge in [-0.1, -0.05) is 6.07 Å². The summed E-state index contributed by atoms with van der Waals surface area (Å²) in [7, 11) is 0. The number of rotatable bonds is 5. The van der Waals surface area contributed by atoms with Gasteiger partial charge in [-0.3, -0.25) is 0 Å². The highest BCUT2D eigenvalue weighted by Crippen LogP contribution is 2.32. The van der Waals surface area contributed by atoms with Gasteiger partial charge in [0, 0.05) is 24.3 Å². The second-order valence-corrected chi connectivity index (χ2v) is 7.56. The number of fused-ring (bicyclic) bond motifs is 1. The zero-order chi connectivity index (χ0) is 21.3. The predicted octanol–water partition coefficient (Wildman–Crippen LogP) is 4.29. The van der Waals surface area contributed by atoms with E-state index in [0.29, 0.717) is 29.5 Å². The number of alkyl halides is 3. The van der Waals surface area contributed by atoms with Gasteiger partial charge < -0.3 is 20.9 Å². The summed E-state index contributed by atoms with van der Waals surface area (Å²) in [4.78, 5) is 13.5. The van der Waals surface area contributed by atoms with Gasteiger partial charge in [0.25, 0.3) is 0 Å². The first-order valence-corrected chi connectivity index (χ1v) is 10.0. The Morgan fingerprint density at radius 1 is 1.17 bits per heavy atom. The highest BCUT2D eigenvalue weighted by Gasteiger charge is 2.30. The fourth-order valence-electron chi connectivity index (χ4n) is 3.68. The summed E-state index contributed by atoms with van der Waals surface area (Å²) in [5, 5.41) is 6.35. The maximum Gasteiger partial charge on any atom is 0.416 e. The van der Waals surface area contributed by atoms with Crippen LogP contribution in [0.2, 0.25) is 0 Å². The van der Waals surface area contributed by atoms with Gasteiger partial charge in [-0.2, -0.15) is 23.1 Å². The first kappa shape index (κ1) is 20.4. The molecule has 0 radical (unpaired) electrons. The standard InChI is InChI=1S/C20H24F3N7/c1-2-30-11-25-16-17(26-15-5-3-4-12(10-15)20(21,22)23)28-19(29-18(16)30)27-14-8-6-13(24)7-9-14/h3-5,10-11,13-14H,2,6-9,24H2,1H3,(H2,26,27,28,29)/t13-,14+. The number of nitrogens with zero attached hydrogens (tertiary/aromatic N) is 4. The average Bonchev–Trinajstić information content (AvgIpc) is 3.13. The van der Waals surface area contributed by atoms with E-state index in [-0.39, 0.29) is 17.8 Å². The lowest BCUT2D eigenvalue weighted by atomic mass is 9.92. The van der Waals surface area contributed by atoms with Crippen molar-refractivity contribution in [2.75, 3.05) is 10.6 Å². The molecule has 30 heavy (non-hydrogen) atoms. The number of hydrogen-bond acceptors (Lipinski definition) is 6. The van der Waals surface area contributed by atoms with Crippen LogP contribution in [0, 0.1) is 0 Å². The molecule has 0 spiro atoms. The van der Waals surface area contributed by atoms with Crippen molar-refractivity contribution in [2.24, 2.45) is 5.73 Å². The molecule has 0 atom stereocenters. The minimum Gasteiger partial charge on any atom is -0.351 e. The lowest BCUT2D eigenvalue weighted by molar-refractivity contribution is -0.137. The molecule has 0 bridgehead atoms. The summed E-state index contributed by atoms with van der Waals surface area (Å²) in [5.41, 5.74) is 6.66. The molecule has 10 heteroatoms. The molecular formula is C20H24F3N7. The van der Waals surface area contributed by atoms with Crippen molar-refractivity contribution in [3.8, 4) is 0 Å². The van der Waals surface area contributed by atoms with E-state index in [0.717, 1.165) is 37.8 Å². The second kappa shape index (κ2) is 8.10. The molecular weight excluding hydrogens is 395 g/mol. The molecule has 4 N–H and O–H groups in total. The van der Waals surface area contributed by atoms with Crippen LogP contribution in [0.5, 0.6) is 0 Å². The van der Waals surface area contributed by atoms with Crippen molar-refractivity contribution in [1.82, 2.24) is 19.5 Å². The van der Waals surface area contributed by atoms with Gasteiger partial charge in [-0.15, -0.1) is 0 Å². The molecule has 0 saturated heterocycles. The van der Waals surface area contributed by atoms with Gasteiger partial charge in [0.15, 0.2) is 17.0 Å². The smallest absolute Gasteiger partial charge is 0.351 e. The molecule has 0 aliphatic heterocycles. The molecule has 1 saturated carbocycles. The van der Waals surface area contributed by atoms with Crippen molar-refractivity contribution >= 4 is 28.6 Å². The first-order valence-electron chi connectivity index (χ1n) is 10.0. The van der Waals surface area contributed by atoms with Crippen molar-refractivity contribution < 1.29 is 13.2 Å². The van der Waals surface area contributed by atoms with Crippen LogP contribution < -0.4 is 16.4 Å². The Kier molecular flexibility index (Phi) is 5.50. The van der Waals surface area contributed by atoms with Gasteiger partial charge in [-0.05, 0) is 50.8 Å². The fraction of sp³-hybridized carbons (Fsp3) is 0.450. The Bertz CT molecular complexity index is 1020. The number of nitrogens with two attached hydrogens (primary N) is 1. The topological polar surface area (TPSA) is 93.7 Å². The Balaban J connectivity index is 1.67. The third-order valence-electron chi connectivity index (χ3n) is 5.36. The van der Waals surface area contributed by atoms with E-state index in [1.807, 2.05) is 11.5 Å². The van der Waals surface area contributed by atoms with Crippen molar-refractivity contribution in [2.45, 2.75) is 57.4 Å². The van der Waals surface area contributed by atoms with Crippen molar-refractivity contribution in [3.05, 3.63) is 36.2 Å². The highest BCUT2D eigenvalue weighted by atomic mass is 19.4. The number of imidazole rings is 1. The molecule has 0 unspecified atom stereocenters. The van der Waals surface area contributed by atoms with Gasteiger partial charge >= 0.3 is 6.18 Å². The highest BCUT2D eigenvalue weighted by molar-refractivity contribution is 5.86. The summed E-state index contributed by atoms with van der Waals surface area (Å²) in [6.07, 6.45) is 0.944. The number of benzene rings is 1. The Morgan fingerprint density at radius 2 is 1.93 bits per heavy atom. The molecule has 2 heterocycles. The number of hydrogen-bond donors (Lipinski definition) is 3. The lowest BCUT2D eigenvalue weighted by Crippen LogP contribution is -2.33. The van der Waals surface area contributed by atoms with Crippen LogP contribution in [-0.2, 0) is 12.7 Å². The van der Waals surface area contributed by atoms with E-state index < -0.39 is 11.7 Å². The third-order valence-corrected chi connectivity index (χ3v) is 5.36. The van der Waals surface area contributed by atoms with Crippen LogP contribution in [0.3, 0.4) is 0 Å². The van der Waals surface area contributed by atoms with Crippen LogP contribution in [-0.4, -0.2) is 31.6 Å². The van der Waals surface area contributed by atoms with Gasteiger partial charge in [0.1, 0.15) is 0 Å². The predicted molar refractivity (Wildman–Crippen MR) is 110 cm³/mol. The van der Waals surface area contributed by atoms with E-state index in [2.05, 4.69) is 25.6 Å². The molecule has 1 aromatic carbocycles. The molecule has 1 aliphatic rings. The number of halogens is 3. The number of aromatic nitrogens is 4. The molecule has 7 nitrogen and oxygen atoms in total. The Labute approximate surface area is 171 Å². The van der Waals surface area contributed by atoms with Crippen LogP contribution in [0.15, 0.2) is 30.6 Å². The van der Waals surface area contributed by atoms with Crippen LogP contribution in [0.1, 0.15) is 38.2 Å². The van der Waals surface area contributed by atoms with Crippen molar-refractivity contribution in [3.63, 3.8) is 0 Å². The minimum absolute atomic E-state index is 0.210. The molecule has 1 aliphatic carbocycles. The van der Waals surface area contributed by atoms with E-state index >= 15 is 0 Å². The molecule has 2 aromatic heterocycles. The first-order chi connectivity index (χ1) is 14.3. The minimum atomic E-state index is -4.42. The largest absolute Gasteiger partial charge is 0.416 e. The molecule has 0 amide bonds. The van der Waals surface area contributed by atoms with Gasteiger partial charge in [0.2, 0.25) is 5.95 Å². The monoisotopic (exact) mass is 419 g/mol. The molecule has 4 rings (SSSR count). The summed E-state index contributed by atoms with van der Waals surface area (Å²) >= 11 is 0. The summed E-state index contributed by atoms with van der Waals surface area (Å²) < 4.78 is 41.1. The quantitative estimate of drug-likeness (QED) is 0.571. The van der Waals surface area contributed by atoms with Gasteiger partial charge in [0.05, 0.1) is 11.9 Å². The van der Waals surface area contributed by atoms with E-state index in [9.17, 15) is 13.2 Å². The summed E-state index contributed by atoms with van der Waals surface area (Å²) in [6, 6.07) is 5.45. The number of aryl methyl sites for hydroxylation is 1. The third kappa shape index (κ3) is 4.33. The molecule has 3 aromatic rings. The van der Waals surface area contributed by atoms with Crippen LogP contribution >= 0.6 is 0 Å². The fourth-order valence-corrected chi connectivity index (χ4v) is 3.68. The normalized spacial score (nSPS) is 19.8. The van der Waals surface area contributed by atoms with Crippen LogP contribution in [0.4, 0.5) is 30.6 Å². The maximum absolute atomic E-state index is 13.1. The zero-order valence-electron chi connectivity index (χ0n) is 16.6. The number of nitrogens with one attached hydrogen (secondary N) is 2. The van der Waals surface area contributed by atoms with Crippen LogP contribution in [0.25, 0.3) is 11.2 Å². The summed E-state index contributed by atoms with van der Waals surface area (Å²) in [6.45, 7) is 2.63. The van der Waals surface area contributed by atoms with Gasteiger partial charge in [-0.25, -0.2) is 4.98 Å². The average molecular weight is 419 g/mol. The SMILES string of the molecule is CCn1cnc2c(Nc3cccc(C(F)(F)F)c3)nc(N[C@H]3CC[C@@H](N)CC3)nc21. The maximum atomic E-state index is 13.1. The molecule has 160 valence electrons. The van der Waals surface area contributed by atoms with E-state index in [1.54, 1.807) is 12.4 Å². The zero-order valence-corrected chi connectivity index (χ0v) is 16.6. The Morgan fingerprint density at radius 3 is 2.63 bits per heavy atom. The number of anilines is 3.